The Balaban J connectivity index is 1.85. The smallest absolute Gasteiger partial charge is 0.277 e. The zero-order valence-corrected chi connectivity index (χ0v) is 20.9. The van der Waals surface area contributed by atoms with Crippen molar-refractivity contribution in [3.8, 4) is 0 Å². The number of benzene rings is 2. The number of nitrogens with two attached hydrogens (primary N) is 1. The third-order valence-electron chi connectivity index (χ3n) is 6.52. The van der Waals surface area contributed by atoms with Crippen LogP contribution in [0, 0.1) is 5.92 Å². The van der Waals surface area contributed by atoms with E-state index < -0.39 is 29.4 Å². The van der Waals surface area contributed by atoms with E-state index in [1.807, 2.05) is 79.0 Å². The number of aliphatic hydroxyl groups is 1. The number of aliphatic imine (C=N–C) groups is 1. The zero-order chi connectivity index (χ0) is 25.0. The van der Waals surface area contributed by atoms with Crippen molar-refractivity contribution in [3.05, 3.63) is 88.1 Å². The normalized spacial score (nSPS) is 19.5. The maximum atomic E-state index is 14.2. The van der Waals surface area contributed by atoms with Crippen molar-refractivity contribution in [2.24, 2.45) is 16.6 Å². The molecule has 0 bridgehead atoms. The van der Waals surface area contributed by atoms with E-state index >= 15 is 0 Å². The van der Waals surface area contributed by atoms with Gasteiger partial charge in [0, 0.05) is 23.1 Å². The van der Waals surface area contributed by atoms with Gasteiger partial charge in [0.1, 0.15) is 0 Å². The van der Waals surface area contributed by atoms with Crippen LogP contribution in [-0.4, -0.2) is 41.3 Å². The van der Waals surface area contributed by atoms with Crippen molar-refractivity contribution in [3.63, 3.8) is 0 Å². The number of hydrogen-bond acceptors (Lipinski definition) is 6. The molecule has 182 valence electrons. The molecule has 0 spiro atoms. The minimum Gasteiger partial charge on any atom is -0.392 e. The molecule has 3 atom stereocenters. The van der Waals surface area contributed by atoms with E-state index in [0.29, 0.717) is 24.2 Å². The van der Waals surface area contributed by atoms with Crippen LogP contribution in [0.5, 0.6) is 0 Å². The summed E-state index contributed by atoms with van der Waals surface area (Å²) in [6.07, 6.45) is 1.49. The summed E-state index contributed by atoms with van der Waals surface area (Å²) in [5, 5.41) is 13.0. The van der Waals surface area contributed by atoms with Gasteiger partial charge in [0.25, 0.3) is 5.91 Å². The summed E-state index contributed by atoms with van der Waals surface area (Å²) in [4.78, 5) is 35.0. The highest BCUT2D eigenvalue weighted by molar-refractivity contribution is 7.09. The number of anilines is 1. The summed E-state index contributed by atoms with van der Waals surface area (Å²) >= 11 is 1.51. The first-order valence-corrected chi connectivity index (χ1v) is 12.8. The molecule has 0 unspecified atom stereocenters. The second-order valence-electron chi connectivity index (χ2n) is 8.94. The highest BCUT2D eigenvalue weighted by Crippen LogP contribution is 2.33. The Hall–Kier alpha value is -3.13. The summed E-state index contributed by atoms with van der Waals surface area (Å²) < 4.78 is 0. The Bertz CT molecular complexity index is 1210. The molecule has 3 N–H and O–H groups in total. The van der Waals surface area contributed by atoms with E-state index in [-0.39, 0.29) is 0 Å². The number of likely N-dealkylation sites (N-methyl/N-ethyl adjacent to an activating group) is 1. The molecule has 1 aliphatic rings. The topological polar surface area (TPSA) is 96.0 Å². The molecule has 4 rings (SSSR count). The summed E-state index contributed by atoms with van der Waals surface area (Å²) in [5.41, 5.74) is 7.11. The van der Waals surface area contributed by atoms with Crippen molar-refractivity contribution in [2.45, 2.75) is 44.4 Å². The predicted octanol–water partition coefficient (Wildman–Crippen LogP) is 4.20. The molecular weight excluding hydrogens is 458 g/mol. The number of aliphatic hydroxyl groups excluding tert-OH is 1. The van der Waals surface area contributed by atoms with Crippen molar-refractivity contribution >= 4 is 34.4 Å². The molecule has 0 fully saturated rings. The number of amides is 1. The molecule has 2 heterocycles. The standard InChI is InChI=1S/C28H31N3O3S/c1-3-4-16-24(32)22(18-20-13-10-17-35-20)26(33)28(29)27(34)31(2)23-15-9-8-14-21(23)25(30-28)19-11-6-5-7-12-19/h5-15,17,22,24,32H,3-4,16,18,29H2,1-2H3/t22-,24+,28+/m1/s1. The predicted molar refractivity (Wildman–Crippen MR) is 141 cm³/mol. The van der Waals surface area contributed by atoms with E-state index in [4.69, 9.17) is 10.7 Å². The van der Waals surface area contributed by atoms with Gasteiger partial charge in [0.2, 0.25) is 5.66 Å². The van der Waals surface area contributed by atoms with Crippen molar-refractivity contribution in [1.82, 2.24) is 0 Å². The number of carbonyl (C=O) groups is 2. The van der Waals surface area contributed by atoms with Crippen molar-refractivity contribution < 1.29 is 14.7 Å². The first kappa shape index (κ1) is 25.0. The lowest BCUT2D eigenvalue weighted by atomic mass is 9.83. The summed E-state index contributed by atoms with van der Waals surface area (Å²) in [6.45, 7) is 2.03. The van der Waals surface area contributed by atoms with Gasteiger partial charge >= 0.3 is 0 Å². The van der Waals surface area contributed by atoms with Crippen LogP contribution in [0.1, 0.15) is 42.2 Å². The molecule has 2 aromatic carbocycles. The SMILES string of the molecule is CCCC[C@H](O)[C@@H](Cc1cccs1)C(=O)[C@]1(N)N=C(c2ccccc2)c2ccccc2N(C)C1=O. The average Bonchev–Trinajstić information content (AvgIpc) is 3.39. The summed E-state index contributed by atoms with van der Waals surface area (Å²) in [5.74, 6) is -2.03. The minimum absolute atomic E-state index is 0.306. The third-order valence-corrected chi connectivity index (χ3v) is 7.42. The van der Waals surface area contributed by atoms with Gasteiger partial charge in [-0.2, -0.15) is 0 Å². The number of thiophene rings is 1. The van der Waals surface area contributed by atoms with Crippen LogP contribution in [0.4, 0.5) is 5.69 Å². The Morgan fingerprint density at radius 3 is 2.51 bits per heavy atom. The molecular formula is C28H31N3O3S. The van der Waals surface area contributed by atoms with Gasteiger partial charge in [0.15, 0.2) is 5.78 Å². The van der Waals surface area contributed by atoms with Gasteiger partial charge in [-0.15, -0.1) is 11.3 Å². The van der Waals surface area contributed by atoms with Crippen LogP contribution in [0.2, 0.25) is 0 Å². The molecule has 0 radical (unpaired) electrons. The van der Waals surface area contributed by atoms with E-state index in [1.54, 1.807) is 7.05 Å². The maximum absolute atomic E-state index is 14.2. The molecule has 0 saturated carbocycles. The average molecular weight is 490 g/mol. The Kier molecular flexibility index (Phi) is 7.60. The van der Waals surface area contributed by atoms with Crippen LogP contribution in [0.15, 0.2) is 77.1 Å². The highest BCUT2D eigenvalue weighted by Gasteiger charge is 2.50. The fourth-order valence-electron chi connectivity index (χ4n) is 4.54. The van der Waals surface area contributed by atoms with Gasteiger partial charge in [-0.1, -0.05) is 74.4 Å². The van der Waals surface area contributed by atoms with E-state index in [0.717, 1.165) is 28.8 Å². The van der Waals surface area contributed by atoms with Crippen LogP contribution in [-0.2, 0) is 16.0 Å². The fourth-order valence-corrected chi connectivity index (χ4v) is 5.30. The van der Waals surface area contributed by atoms with Crippen LogP contribution < -0.4 is 10.6 Å². The van der Waals surface area contributed by atoms with Crippen LogP contribution >= 0.6 is 11.3 Å². The molecule has 1 aliphatic heterocycles. The molecule has 1 aromatic heterocycles. The number of Topliss-reactive ketones (excluding diaryl/α,β-unsaturated/α-hetero) is 1. The molecule has 0 saturated heterocycles. The minimum atomic E-state index is -2.17. The number of nitrogens with zero attached hydrogens (tertiary/aromatic N) is 2. The van der Waals surface area contributed by atoms with Gasteiger partial charge < -0.3 is 10.0 Å². The number of hydrogen-bond donors (Lipinski definition) is 2. The molecule has 3 aromatic rings. The lowest BCUT2D eigenvalue weighted by molar-refractivity contribution is -0.138. The maximum Gasteiger partial charge on any atom is 0.277 e. The number of carbonyl (C=O) groups excluding carboxylic acids is 2. The van der Waals surface area contributed by atoms with E-state index in [1.165, 1.54) is 16.2 Å². The Morgan fingerprint density at radius 1 is 1.11 bits per heavy atom. The fraction of sp³-hybridized carbons (Fsp3) is 0.321. The van der Waals surface area contributed by atoms with E-state index in [2.05, 4.69) is 0 Å². The summed E-state index contributed by atoms with van der Waals surface area (Å²) in [7, 11) is 1.61. The second-order valence-corrected chi connectivity index (χ2v) is 9.97. The molecule has 0 aliphatic carbocycles. The van der Waals surface area contributed by atoms with Crippen LogP contribution in [0.25, 0.3) is 0 Å². The van der Waals surface area contributed by atoms with E-state index in [9.17, 15) is 14.7 Å². The molecule has 6 nitrogen and oxygen atoms in total. The lowest BCUT2D eigenvalue weighted by Gasteiger charge is -2.31. The van der Waals surface area contributed by atoms with Gasteiger partial charge in [0.05, 0.1) is 23.4 Å². The van der Waals surface area contributed by atoms with Gasteiger partial charge in [-0.05, 0) is 30.4 Å². The van der Waals surface area contributed by atoms with Crippen molar-refractivity contribution in [2.75, 3.05) is 11.9 Å². The van der Waals surface area contributed by atoms with Gasteiger partial charge in [-0.3, -0.25) is 15.3 Å². The second kappa shape index (κ2) is 10.6. The zero-order valence-electron chi connectivity index (χ0n) is 20.1. The largest absolute Gasteiger partial charge is 0.392 e. The molecule has 35 heavy (non-hydrogen) atoms. The Labute approximate surface area is 210 Å². The van der Waals surface area contributed by atoms with Crippen LogP contribution in [0.3, 0.4) is 0 Å². The number of ketones is 1. The number of para-hydroxylation sites is 1. The third kappa shape index (κ3) is 4.98. The monoisotopic (exact) mass is 489 g/mol. The molecule has 7 heteroatoms. The number of rotatable bonds is 9. The van der Waals surface area contributed by atoms with Crippen molar-refractivity contribution in [1.29, 1.82) is 0 Å². The quantitative estimate of drug-likeness (QED) is 0.441. The number of fused-ring (bicyclic) bond motifs is 1. The molecule has 1 amide bonds. The summed E-state index contributed by atoms with van der Waals surface area (Å²) in [6, 6.07) is 20.7. The van der Waals surface area contributed by atoms with Gasteiger partial charge in [-0.25, -0.2) is 4.99 Å². The first-order chi connectivity index (χ1) is 16.9. The lowest BCUT2D eigenvalue weighted by Crippen LogP contribution is -2.61. The highest BCUT2D eigenvalue weighted by atomic mass is 32.1. The number of benzodiazepines with no additional fused rings is 1. The first-order valence-electron chi connectivity index (χ1n) is 11.9. The number of unbranched alkanes of at least 4 members (excludes halogenated alkanes) is 1. The Morgan fingerprint density at radius 2 is 1.83 bits per heavy atom.